The van der Waals surface area contributed by atoms with Crippen molar-refractivity contribution in [1.29, 1.82) is 0 Å². The van der Waals surface area contributed by atoms with Crippen molar-refractivity contribution in [1.82, 2.24) is 10.2 Å². The van der Waals surface area contributed by atoms with Gasteiger partial charge in [-0.25, -0.2) is 0 Å². The molecule has 0 aromatic heterocycles. The van der Waals surface area contributed by atoms with Gasteiger partial charge in [-0.2, -0.15) is 0 Å². The molecule has 2 atom stereocenters. The number of nitrogens with one attached hydrogen (secondary N) is 1. The first kappa shape index (κ1) is 22.5. The molecule has 2 fully saturated rings. The molecular weight excluding hydrogens is 400 g/mol. The fourth-order valence-corrected chi connectivity index (χ4v) is 4.96. The van der Waals surface area contributed by atoms with Crippen molar-refractivity contribution in [3.8, 4) is 11.1 Å². The van der Waals surface area contributed by atoms with Gasteiger partial charge in [0.1, 0.15) is 6.10 Å². The van der Waals surface area contributed by atoms with Crippen LogP contribution in [0.1, 0.15) is 45.1 Å². The molecule has 170 valence electrons. The van der Waals surface area contributed by atoms with Gasteiger partial charge in [0.25, 0.3) is 5.91 Å². The summed E-state index contributed by atoms with van der Waals surface area (Å²) in [6.07, 6.45) is 3.72. The Bertz CT molecular complexity index is 937. The van der Waals surface area contributed by atoms with E-state index in [0.717, 1.165) is 36.0 Å². The lowest BCUT2D eigenvalue weighted by Crippen LogP contribution is -2.48. The minimum Gasteiger partial charge on any atom is -0.368 e. The van der Waals surface area contributed by atoms with Crippen LogP contribution in [0.2, 0.25) is 0 Å². The van der Waals surface area contributed by atoms with Gasteiger partial charge in [-0.1, -0.05) is 54.6 Å². The van der Waals surface area contributed by atoms with E-state index in [1.165, 1.54) is 0 Å². The minimum absolute atomic E-state index is 0.0372. The molecule has 4 rings (SSSR count). The van der Waals surface area contributed by atoms with Crippen molar-refractivity contribution in [3.05, 3.63) is 60.2 Å². The molecule has 2 aliphatic rings. The molecule has 2 aromatic rings. The number of likely N-dealkylation sites (tertiary alicyclic amines) is 1. The van der Waals surface area contributed by atoms with Crippen molar-refractivity contribution in [2.45, 2.75) is 58.1 Å². The van der Waals surface area contributed by atoms with E-state index in [1.54, 1.807) is 0 Å². The van der Waals surface area contributed by atoms with E-state index in [9.17, 15) is 9.59 Å². The summed E-state index contributed by atoms with van der Waals surface area (Å²) in [5.74, 6) is 0.0792. The highest BCUT2D eigenvalue weighted by Gasteiger charge is 2.47. The first-order chi connectivity index (χ1) is 15.5. The zero-order chi connectivity index (χ0) is 22.6. The lowest BCUT2D eigenvalue weighted by atomic mass is 9.78. The molecule has 0 aliphatic carbocycles. The van der Waals surface area contributed by atoms with Gasteiger partial charge in [0.2, 0.25) is 5.91 Å². The van der Waals surface area contributed by atoms with Gasteiger partial charge >= 0.3 is 0 Å². The van der Waals surface area contributed by atoms with E-state index in [-0.39, 0.29) is 24.0 Å². The molecular formula is C27H34N2O3. The number of carbonyl (C=O) groups excluding carboxylic acids is 2. The number of hydrogen-bond acceptors (Lipinski definition) is 3. The number of rotatable bonds is 6. The second kappa shape index (κ2) is 9.86. The Hall–Kier alpha value is -2.66. The first-order valence-corrected chi connectivity index (χ1v) is 11.8. The molecule has 0 unspecified atom stereocenters. The number of ether oxygens (including phenoxy) is 1. The Morgan fingerprint density at radius 3 is 2.56 bits per heavy atom. The second-order valence-electron chi connectivity index (χ2n) is 9.47. The average molecular weight is 435 g/mol. The van der Waals surface area contributed by atoms with Gasteiger partial charge in [0, 0.05) is 25.7 Å². The van der Waals surface area contributed by atoms with Crippen LogP contribution in [0.3, 0.4) is 0 Å². The third-order valence-corrected chi connectivity index (χ3v) is 6.65. The van der Waals surface area contributed by atoms with Crippen molar-refractivity contribution < 1.29 is 14.3 Å². The molecule has 0 saturated carbocycles. The Morgan fingerprint density at radius 1 is 1.09 bits per heavy atom. The number of carbonyl (C=O) groups is 2. The predicted octanol–water partition coefficient (Wildman–Crippen LogP) is 4.21. The van der Waals surface area contributed by atoms with Crippen LogP contribution in [-0.2, 0) is 20.7 Å². The second-order valence-corrected chi connectivity index (χ2v) is 9.47. The van der Waals surface area contributed by atoms with Crippen molar-refractivity contribution in [2.75, 3.05) is 19.7 Å². The number of benzene rings is 2. The molecule has 0 bridgehead atoms. The van der Waals surface area contributed by atoms with Gasteiger partial charge in [0.15, 0.2) is 0 Å². The molecule has 2 heterocycles. The van der Waals surface area contributed by atoms with Crippen LogP contribution in [0.5, 0.6) is 0 Å². The van der Waals surface area contributed by atoms with Crippen LogP contribution in [0.25, 0.3) is 11.1 Å². The highest BCUT2D eigenvalue weighted by atomic mass is 16.5. The van der Waals surface area contributed by atoms with Crippen molar-refractivity contribution >= 4 is 11.8 Å². The van der Waals surface area contributed by atoms with Gasteiger partial charge in [-0.15, -0.1) is 0 Å². The molecule has 0 radical (unpaired) electrons. The Morgan fingerprint density at radius 2 is 1.84 bits per heavy atom. The Balaban J connectivity index is 1.61. The number of hydrogen-bond donors (Lipinski definition) is 1. The summed E-state index contributed by atoms with van der Waals surface area (Å²) < 4.78 is 5.75. The van der Waals surface area contributed by atoms with Gasteiger partial charge in [0.05, 0.1) is 5.41 Å². The maximum Gasteiger partial charge on any atom is 0.251 e. The highest BCUT2D eigenvalue weighted by Crippen LogP contribution is 2.38. The van der Waals surface area contributed by atoms with Gasteiger partial charge < -0.3 is 15.0 Å². The summed E-state index contributed by atoms with van der Waals surface area (Å²) in [7, 11) is 0. The summed E-state index contributed by atoms with van der Waals surface area (Å²) in [4.78, 5) is 28.5. The lowest BCUT2D eigenvalue weighted by molar-refractivity contribution is -0.146. The Labute approximate surface area is 191 Å². The van der Waals surface area contributed by atoms with Gasteiger partial charge in [-0.05, 0) is 62.6 Å². The summed E-state index contributed by atoms with van der Waals surface area (Å²) in [6, 6.07) is 18.6. The van der Waals surface area contributed by atoms with Crippen LogP contribution in [0.15, 0.2) is 54.6 Å². The molecule has 1 N–H and O–H groups in total. The standard InChI is InChI=1S/C27H34N2O3/c1-20(2)28-26(31)27(15-16-29(19-27)25(30)24-14-8-9-17-32-24)18-22-12-6-7-13-23(22)21-10-4-3-5-11-21/h3-7,10-13,20,24H,8-9,14-19H2,1-2H3,(H,28,31)/t24-,27-/m1/s1. The van der Waals surface area contributed by atoms with E-state index >= 15 is 0 Å². The zero-order valence-corrected chi connectivity index (χ0v) is 19.2. The van der Waals surface area contributed by atoms with Crippen LogP contribution >= 0.6 is 0 Å². The first-order valence-electron chi connectivity index (χ1n) is 11.8. The van der Waals surface area contributed by atoms with E-state index in [0.29, 0.717) is 32.5 Å². The van der Waals surface area contributed by atoms with Crippen LogP contribution in [0.4, 0.5) is 0 Å². The van der Waals surface area contributed by atoms with E-state index in [2.05, 4.69) is 29.6 Å². The van der Waals surface area contributed by atoms with Crippen LogP contribution < -0.4 is 5.32 Å². The van der Waals surface area contributed by atoms with E-state index in [4.69, 9.17) is 4.74 Å². The van der Waals surface area contributed by atoms with Crippen molar-refractivity contribution in [2.24, 2.45) is 5.41 Å². The topological polar surface area (TPSA) is 58.6 Å². The van der Waals surface area contributed by atoms with Gasteiger partial charge in [-0.3, -0.25) is 9.59 Å². The Kier molecular flexibility index (Phi) is 6.95. The lowest BCUT2D eigenvalue weighted by Gasteiger charge is -2.31. The highest BCUT2D eigenvalue weighted by molar-refractivity contribution is 5.87. The zero-order valence-electron chi connectivity index (χ0n) is 19.2. The monoisotopic (exact) mass is 434 g/mol. The maximum absolute atomic E-state index is 13.5. The molecule has 2 aromatic carbocycles. The normalized spacial score (nSPS) is 23.3. The molecule has 5 nitrogen and oxygen atoms in total. The summed E-state index contributed by atoms with van der Waals surface area (Å²) >= 11 is 0. The molecule has 2 saturated heterocycles. The third kappa shape index (κ3) is 4.88. The molecule has 2 amide bonds. The van der Waals surface area contributed by atoms with E-state index in [1.807, 2.05) is 49.1 Å². The van der Waals surface area contributed by atoms with Crippen LogP contribution in [0, 0.1) is 5.41 Å². The SMILES string of the molecule is CC(C)NC(=O)[C@@]1(Cc2ccccc2-c2ccccc2)CCN(C(=O)[C@H]2CCCCO2)C1. The summed E-state index contributed by atoms with van der Waals surface area (Å²) in [6.45, 7) is 5.65. The molecule has 0 spiro atoms. The minimum atomic E-state index is -0.639. The third-order valence-electron chi connectivity index (χ3n) is 6.65. The van der Waals surface area contributed by atoms with Crippen molar-refractivity contribution in [3.63, 3.8) is 0 Å². The predicted molar refractivity (Wildman–Crippen MR) is 126 cm³/mol. The smallest absolute Gasteiger partial charge is 0.251 e. The van der Waals surface area contributed by atoms with E-state index < -0.39 is 5.41 Å². The fraction of sp³-hybridized carbons (Fsp3) is 0.481. The number of nitrogens with zero attached hydrogens (tertiary/aromatic N) is 1. The molecule has 2 aliphatic heterocycles. The fourth-order valence-electron chi connectivity index (χ4n) is 4.96. The average Bonchev–Trinajstić information content (AvgIpc) is 3.25. The number of amides is 2. The molecule has 5 heteroatoms. The summed E-state index contributed by atoms with van der Waals surface area (Å²) in [5.41, 5.74) is 2.79. The maximum atomic E-state index is 13.5. The summed E-state index contributed by atoms with van der Waals surface area (Å²) in [5, 5.41) is 3.14. The molecule has 32 heavy (non-hydrogen) atoms. The quantitative estimate of drug-likeness (QED) is 0.741. The van der Waals surface area contributed by atoms with Crippen LogP contribution in [-0.4, -0.2) is 48.6 Å². The largest absolute Gasteiger partial charge is 0.368 e.